The minimum atomic E-state index is 0.284. The maximum atomic E-state index is 6.25. The lowest BCUT2D eigenvalue weighted by Gasteiger charge is -2.28. The van der Waals surface area contributed by atoms with Crippen LogP contribution in [0.15, 0.2) is 0 Å². The molecule has 0 radical (unpaired) electrons. The van der Waals surface area contributed by atoms with Gasteiger partial charge in [0, 0.05) is 31.7 Å². The number of nitrogens with zero attached hydrogens (tertiary/aromatic N) is 1. The lowest BCUT2D eigenvalue weighted by Crippen LogP contribution is -2.43. The van der Waals surface area contributed by atoms with Gasteiger partial charge in [-0.1, -0.05) is 27.2 Å². The number of likely N-dealkylation sites (N-methyl/N-ethyl adjacent to an activating group) is 1. The van der Waals surface area contributed by atoms with Gasteiger partial charge in [0.05, 0.1) is 6.61 Å². The van der Waals surface area contributed by atoms with Crippen molar-refractivity contribution >= 4 is 0 Å². The Hall–Kier alpha value is -0.120. The third-order valence-corrected chi connectivity index (χ3v) is 3.75. The molecule has 1 aliphatic rings. The van der Waals surface area contributed by atoms with Crippen LogP contribution in [-0.4, -0.2) is 43.8 Å². The summed E-state index contributed by atoms with van der Waals surface area (Å²) >= 11 is 0. The molecule has 3 nitrogen and oxygen atoms in total. The SMILES string of the molecule is CCC(C)CN(CC)CC(N)C1CCOC1. The van der Waals surface area contributed by atoms with E-state index in [-0.39, 0.29) is 6.04 Å². The van der Waals surface area contributed by atoms with Gasteiger partial charge < -0.3 is 15.4 Å². The van der Waals surface area contributed by atoms with Crippen LogP contribution < -0.4 is 5.73 Å². The van der Waals surface area contributed by atoms with Gasteiger partial charge in [0.1, 0.15) is 0 Å². The van der Waals surface area contributed by atoms with Gasteiger partial charge >= 0.3 is 0 Å². The van der Waals surface area contributed by atoms with Crippen LogP contribution in [0.4, 0.5) is 0 Å². The first-order valence-electron chi connectivity index (χ1n) is 6.73. The number of nitrogens with two attached hydrogens (primary N) is 1. The molecule has 3 atom stereocenters. The Bertz CT molecular complexity index is 181. The van der Waals surface area contributed by atoms with Gasteiger partial charge in [-0.15, -0.1) is 0 Å². The molecule has 0 saturated carbocycles. The van der Waals surface area contributed by atoms with Crippen molar-refractivity contribution in [2.45, 2.75) is 39.7 Å². The molecule has 3 heteroatoms. The van der Waals surface area contributed by atoms with Gasteiger partial charge in [-0.05, 0) is 18.9 Å². The second-order valence-corrected chi connectivity index (χ2v) is 5.15. The Labute approximate surface area is 100 Å². The highest BCUT2D eigenvalue weighted by atomic mass is 16.5. The van der Waals surface area contributed by atoms with Crippen molar-refractivity contribution in [1.29, 1.82) is 0 Å². The molecule has 16 heavy (non-hydrogen) atoms. The summed E-state index contributed by atoms with van der Waals surface area (Å²) in [6.07, 6.45) is 2.39. The molecule has 0 aliphatic carbocycles. The highest BCUT2D eigenvalue weighted by Gasteiger charge is 2.24. The standard InChI is InChI=1S/C13H28N2O/c1-4-11(3)8-15(5-2)9-13(14)12-6-7-16-10-12/h11-13H,4-10,14H2,1-3H3. The fraction of sp³-hybridized carbons (Fsp3) is 1.00. The molecule has 2 N–H and O–H groups in total. The van der Waals surface area contributed by atoms with Crippen LogP contribution in [0, 0.1) is 11.8 Å². The quantitative estimate of drug-likeness (QED) is 0.721. The Kier molecular flexibility index (Phi) is 6.32. The first kappa shape index (κ1) is 13.9. The molecule has 0 bridgehead atoms. The van der Waals surface area contributed by atoms with Gasteiger partial charge in [0.15, 0.2) is 0 Å². The van der Waals surface area contributed by atoms with E-state index in [4.69, 9.17) is 10.5 Å². The van der Waals surface area contributed by atoms with Crippen molar-refractivity contribution in [3.63, 3.8) is 0 Å². The average molecular weight is 228 g/mol. The summed E-state index contributed by atoms with van der Waals surface area (Å²) in [7, 11) is 0. The fourth-order valence-electron chi connectivity index (χ4n) is 2.24. The van der Waals surface area contributed by atoms with Crippen molar-refractivity contribution in [1.82, 2.24) is 4.90 Å². The van der Waals surface area contributed by atoms with Crippen LogP contribution in [0.5, 0.6) is 0 Å². The summed E-state index contributed by atoms with van der Waals surface area (Å²) in [4.78, 5) is 2.48. The number of rotatable bonds is 7. The van der Waals surface area contributed by atoms with Gasteiger partial charge in [-0.3, -0.25) is 0 Å². The summed E-state index contributed by atoms with van der Waals surface area (Å²) in [5.74, 6) is 1.35. The number of hydrogen-bond acceptors (Lipinski definition) is 3. The van der Waals surface area contributed by atoms with Crippen molar-refractivity contribution in [3.8, 4) is 0 Å². The van der Waals surface area contributed by atoms with Crippen molar-refractivity contribution in [2.24, 2.45) is 17.6 Å². The van der Waals surface area contributed by atoms with E-state index < -0.39 is 0 Å². The Balaban J connectivity index is 2.30. The normalized spacial score (nSPS) is 24.9. The molecule has 1 heterocycles. The molecule has 1 saturated heterocycles. The molecule has 96 valence electrons. The third kappa shape index (κ3) is 4.40. The molecular formula is C13H28N2O. The van der Waals surface area contributed by atoms with Gasteiger partial charge in [0.25, 0.3) is 0 Å². The zero-order valence-electron chi connectivity index (χ0n) is 11.1. The molecular weight excluding hydrogens is 200 g/mol. The van der Waals surface area contributed by atoms with E-state index in [0.717, 1.165) is 38.6 Å². The summed E-state index contributed by atoms with van der Waals surface area (Å²) in [5.41, 5.74) is 6.25. The van der Waals surface area contributed by atoms with E-state index in [1.54, 1.807) is 0 Å². The van der Waals surface area contributed by atoms with Crippen molar-refractivity contribution in [3.05, 3.63) is 0 Å². The van der Waals surface area contributed by atoms with Gasteiger partial charge in [-0.25, -0.2) is 0 Å². The monoisotopic (exact) mass is 228 g/mol. The fourth-order valence-corrected chi connectivity index (χ4v) is 2.24. The van der Waals surface area contributed by atoms with Crippen molar-refractivity contribution < 1.29 is 4.74 Å². The number of hydrogen-bond donors (Lipinski definition) is 1. The van der Waals surface area contributed by atoms with Crippen LogP contribution in [0.25, 0.3) is 0 Å². The van der Waals surface area contributed by atoms with E-state index in [1.807, 2.05) is 0 Å². The van der Waals surface area contributed by atoms with Crippen LogP contribution in [0.1, 0.15) is 33.6 Å². The van der Waals surface area contributed by atoms with E-state index in [0.29, 0.717) is 5.92 Å². The van der Waals surface area contributed by atoms with E-state index in [9.17, 15) is 0 Å². The van der Waals surface area contributed by atoms with E-state index >= 15 is 0 Å². The zero-order chi connectivity index (χ0) is 12.0. The Morgan fingerprint density at radius 1 is 1.38 bits per heavy atom. The second-order valence-electron chi connectivity index (χ2n) is 5.15. The topological polar surface area (TPSA) is 38.5 Å². The molecule has 0 spiro atoms. The Morgan fingerprint density at radius 2 is 2.12 bits per heavy atom. The molecule has 3 unspecified atom stereocenters. The Morgan fingerprint density at radius 3 is 2.62 bits per heavy atom. The van der Waals surface area contributed by atoms with E-state index in [1.165, 1.54) is 13.0 Å². The van der Waals surface area contributed by atoms with Gasteiger partial charge in [0.2, 0.25) is 0 Å². The smallest absolute Gasteiger partial charge is 0.0510 e. The summed E-state index contributed by atoms with van der Waals surface area (Å²) in [5, 5.41) is 0. The summed E-state index contributed by atoms with van der Waals surface area (Å²) in [6.45, 7) is 11.9. The van der Waals surface area contributed by atoms with Crippen molar-refractivity contribution in [2.75, 3.05) is 32.8 Å². The van der Waals surface area contributed by atoms with Crippen LogP contribution in [-0.2, 0) is 4.74 Å². The van der Waals surface area contributed by atoms with Crippen LogP contribution in [0.2, 0.25) is 0 Å². The van der Waals surface area contributed by atoms with Crippen LogP contribution in [0.3, 0.4) is 0 Å². The lowest BCUT2D eigenvalue weighted by molar-refractivity contribution is 0.166. The largest absolute Gasteiger partial charge is 0.381 e. The molecule has 1 aliphatic heterocycles. The minimum absolute atomic E-state index is 0.284. The maximum absolute atomic E-state index is 6.25. The third-order valence-electron chi connectivity index (χ3n) is 3.75. The van der Waals surface area contributed by atoms with Gasteiger partial charge in [-0.2, -0.15) is 0 Å². The molecule has 0 aromatic carbocycles. The lowest BCUT2D eigenvalue weighted by atomic mass is 9.99. The number of ether oxygens (including phenoxy) is 1. The second kappa shape index (κ2) is 7.25. The first-order valence-corrected chi connectivity index (χ1v) is 6.73. The molecule has 0 aromatic rings. The van der Waals surface area contributed by atoms with Crippen LogP contribution >= 0.6 is 0 Å². The predicted octanol–water partition coefficient (Wildman–Crippen LogP) is 1.72. The predicted molar refractivity (Wildman–Crippen MR) is 68.5 cm³/mol. The minimum Gasteiger partial charge on any atom is -0.381 e. The zero-order valence-corrected chi connectivity index (χ0v) is 11.1. The summed E-state index contributed by atoms with van der Waals surface area (Å²) in [6, 6.07) is 0.284. The molecule has 1 fully saturated rings. The molecule has 0 amide bonds. The highest BCUT2D eigenvalue weighted by Crippen LogP contribution is 2.16. The van der Waals surface area contributed by atoms with E-state index in [2.05, 4.69) is 25.7 Å². The summed E-state index contributed by atoms with van der Waals surface area (Å²) < 4.78 is 5.40. The highest BCUT2D eigenvalue weighted by molar-refractivity contribution is 4.79. The average Bonchev–Trinajstić information content (AvgIpc) is 2.81. The maximum Gasteiger partial charge on any atom is 0.0510 e. The molecule has 0 aromatic heterocycles. The first-order chi connectivity index (χ1) is 7.67. The molecule has 1 rings (SSSR count).